The third-order valence-corrected chi connectivity index (χ3v) is 7.50. The Morgan fingerprint density at radius 3 is 2.74 bits per heavy atom. The molecule has 2 aliphatic rings. The van der Waals surface area contributed by atoms with Crippen LogP contribution >= 0.6 is 11.3 Å². The van der Waals surface area contributed by atoms with Gasteiger partial charge in [0.05, 0.1) is 10.9 Å². The number of thiophene rings is 1. The standard InChI is InChI=1S/C24H22NOS/c1-14-21-19(12-17-8-10-27-24(14)17)26-20-13-18(15-5-3-4-6-15)11-16-7-9-25(2)23(21)22(16)20/h7-13,15H,3-6H2,1-2H3/q+1. The summed E-state index contributed by atoms with van der Waals surface area (Å²) in [6, 6.07) is 11.4. The lowest BCUT2D eigenvalue weighted by molar-refractivity contribution is -0.659. The van der Waals surface area contributed by atoms with Crippen molar-refractivity contribution in [1.29, 1.82) is 0 Å². The molecule has 0 amide bonds. The van der Waals surface area contributed by atoms with E-state index < -0.39 is 0 Å². The van der Waals surface area contributed by atoms with Crippen LogP contribution in [0.5, 0.6) is 11.5 Å². The zero-order valence-electron chi connectivity index (χ0n) is 15.7. The summed E-state index contributed by atoms with van der Waals surface area (Å²) in [6.07, 6.45) is 7.53. The Labute approximate surface area is 163 Å². The van der Waals surface area contributed by atoms with E-state index >= 15 is 0 Å². The van der Waals surface area contributed by atoms with Crippen molar-refractivity contribution < 1.29 is 9.30 Å². The molecule has 1 saturated carbocycles. The molecular formula is C24H22NOS+. The molecule has 2 nitrogen and oxygen atoms in total. The number of pyridine rings is 1. The molecule has 0 unspecified atom stereocenters. The number of ether oxygens (including phenoxy) is 1. The Hall–Kier alpha value is -2.39. The van der Waals surface area contributed by atoms with E-state index in [0.29, 0.717) is 5.92 Å². The van der Waals surface area contributed by atoms with E-state index in [-0.39, 0.29) is 0 Å². The van der Waals surface area contributed by atoms with Crippen molar-refractivity contribution in [1.82, 2.24) is 0 Å². The van der Waals surface area contributed by atoms with Crippen molar-refractivity contribution in [3.63, 3.8) is 0 Å². The van der Waals surface area contributed by atoms with Crippen LogP contribution in [0.1, 0.15) is 42.7 Å². The van der Waals surface area contributed by atoms with E-state index in [1.165, 1.54) is 68.9 Å². The normalized spacial score (nSPS) is 16.1. The average molecular weight is 373 g/mol. The zero-order valence-corrected chi connectivity index (χ0v) is 16.5. The van der Waals surface area contributed by atoms with Crippen LogP contribution in [0.25, 0.3) is 32.1 Å². The first-order chi connectivity index (χ1) is 13.2. The van der Waals surface area contributed by atoms with Gasteiger partial charge in [-0.2, -0.15) is 0 Å². The van der Waals surface area contributed by atoms with E-state index in [1.807, 2.05) is 11.3 Å². The molecule has 27 heavy (non-hydrogen) atoms. The molecule has 3 heterocycles. The molecule has 1 aliphatic heterocycles. The molecule has 2 aromatic heterocycles. The second-order valence-corrected chi connectivity index (χ2v) is 8.97. The second kappa shape index (κ2) is 5.56. The zero-order chi connectivity index (χ0) is 18.1. The first-order valence-corrected chi connectivity index (χ1v) is 10.7. The molecule has 134 valence electrons. The molecule has 1 fully saturated rings. The fraction of sp³-hybridized carbons (Fsp3) is 0.292. The van der Waals surface area contributed by atoms with Crippen LogP contribution < -0.4 is 9.30 Å². The molecule has 2 aromatic carbocycles. The number of benzene rings is 2. The average Bonchev–Trinajstić information content (AvgIpc) is 3.35. The predicted octanol–water partition coefficient (Wildman–Crippen LogP) is 6.62. The topological polar surface area (TPSA) is 13.1 Å². The summed E-state index contributed by atoms with van der Waals surface area (Å²) in [5.41, 5.74) is 5.31. The fourth-order valence-corrected chi connectivity index (χ4v) is 6.00. The lowest BCUT2D eigenvalue weighted by Gasteiger charge is -2.22. The smallest absolute Gasteiger partial charge is 0.228 e. The highest BCUT2D eigenvalue weighted by Crippen LogP contribution is 2.50. The minimum absolute atomic E-state index is 0.689. The third kappa shape index (κ3) is 2.15. The van der Waals surface area contributed by atoms with Crippen molar-refractivity contribution >= 4 is 32.2 Å². The predicted molar refractivity (Wildman–Crippen MR) is 112 cm³/mol. The monoisotopic (exact) mass is 372 g/mol. The first kappa shape index (κ1) is 15.6. The maximum atomic E-state index is 6.55. The number of rotatable bonds is 1. The number of nitrogens with zero attached hydrogens (tertiary/aromatic N) is 1. The van der Waals surface area contributed by atoms with Gasteiger partial charge in [0.1, 0.15) is 18.5 Å². The number of fused-ring (bicyclic) bond motifs is 3. The van der Waals surface area contributed by atoms with E-state index in [2.05, 4.69) is 60.4 Å². The van der Waals surface area contributed by atoms with Gasteiger partial charge in [0.25, 0.3) is 0 Å². The van der Waals surface area contributed by atoms with E-state index in [0.717, 1.165) is 11.5 Å². The second-order valence-electron chi connectivity index (χ2n) is 8.06. The Bertz CT molecular complexity index is 1230. The van der Waals surface area contributed by atoms with Crippen molar-refractivity contribution in [2.24, 2.45) is 7.05 Å². The van der Waals surface area contributed by atoms with Crippen molar-refractivity contribution in [3.8, 4) is 22.8 Å². The minimum atomic E-state index is 0.689. The van der Waals surface area contributed by atoms with Gasteiger partial charge in [0.15, 0.2) is 6.20 Å². The van der Waals surface area contributed by atoms with Gasteiger partial charge in [-0.1, -0.05) is 18.9 Å². The summed E-state index contributed by atoms with van der Waals surface area (Å²) < 4.78 is 10.2. The van der Waals surface area contributed by atoms with Gasteiger partial charge in [0, 0.05) is 10.8 Å². The van der Waals surface area contributed by atoms with Crippen molar-refractivity contribution in [3.05, 3.63) is 53.0 Å². The lowest BCUT2D eigenvalue weighted by atomic mass is 9.90. The third-order valence-electron chi connectivity index (χ3n) is 6.45. The summed E-state index contributed by atoms with van der Waals surface area (Å²) in [4.78, 5) is 0. The summed E-state index contributed by atoms with van der Waals surface area (Å²) in [5.74, 6) is 2.72. The largest absolute Gasteiger partial charge is 0.456 e. The summed E-state index contributed by atoms with van der Waals surface area (Å²) in [5, 5.41) is 6.02. The highest BCUT2D eigenvalue weighted by atomic mass is 32.1. The Balaban J connectivity index is 1.69. The van der Waals surface area contributed by atoms with Crippen LogP contribution in [-0.4, -0.2) is 0 Å². The van der Waals surface area contributed by atoms with Crippen molar-refractivity contribution in [2.75, 3.05) is 0 Å². The SMILES string of the molecule is Cc1c2c(cc3ccsc13)Oc1cc(C3CCCC3)cc3cc[n+](C)c-2c13. The number of hydrogen-bond donors (Lipinski definition) is 0. The van der Waals surface area contributed by atoms with Gasteiger partial charge in [-0.3, -0.25) is 0 Å². The van der Waals surface area contributed by atoms with Gasteiger partial charge >= 0.3 is 0 Å². The molecular weight excluding hydrogens is 350 g/mol. The highest BCUT2D eigenvalue weighted by Gasteiger charge is 2.31. The number of aryl methyl sites for hydroxylation is 2. The molecule has 0 saturated heterocycles. The molecule has 6 rings (SSSR count). The van der Waals surface area contributed by atoms with Crippen LogP contribution in [0.15, 0.2) is 41.9 Å². The van der Waals surface area contributed by atoms with Crippen LogP contribution in [0.3, 0.4) is 0 Å². The van der Waals surface area contributed by atoms with Gasteiger partial charge in [0.2, 0.25) is 5.69 Å². The van der Waals surface area contributed by atoms with E-state index in [1.54, 1.807) is 0 Å². The molecule has 0 N–H and O–H groups in total. The Morgan fingerprint density at radius 1 is 1.04 bits per heavy atom. The Kier molecular flexibility index (Phi) is 3.22. The minimum Gasteiger partial charge on any atom is -0.456 e. The fourth-order valence-electron chi connectivity index (χ4n) is 5.11. The first-order valence-electron chi connectivity index (χ1n) is 9.86. The quantitative estimate of drug-likeness (QED) is 0.301. The van der Waals surface area contributed by atoms with E-state index in [9.17, 15) is 0 Å². The maximum absolute atomic E-state index is 6.55. The van der Waals surface area contributed by atoms with Gasteiger partial charge in [-0.05, 0) is 71.2 Å². The van der Waals surface area contributed by atoms with Gasteiger partial charge in [-0.15, -0.1) is 11.3 Å². The molecule has 4 aromatic rings. The molecule has 0 atom stereocenters. The summed E-state index contributed by atoms with van der Waals surface area (Å²) in [6.45, 7) is 2.23. The highest BCUT2D eigenvalue weighted by molar-refractivity contribution is 7.17. The Morgan fingerprint density at radius 2 is 1.89 bits per heavy atom. The van der Waals surface area contributed by atoms with Crippen LogP contribution in [0.4, 0.5) is 0 Å². The molecule has 0 bridgehead atoms. The van der Waals surface area contributed by atoms with Gasteiger partial charge in [-0.25, -0.2) is 4.57 Å². The van der Waals surface area contributed by atoms with Crippen LogP contribution in [0.2, 0.25) is 0 Å². The van der Waals surface area contributed by atoms with Gasteiger partial charge < -0.3 is 4.74 Å². The summed E-state index contributed by atoms with van der Waals surface area (Å²) >= 11 is 1.82. The molecule has 3 heteroatoms. The van der Waals surface area contributed by atoms with E-state index in [4.69, 9.17) is 4.74 Å². The number of hydrogen-bond acceptors (Lipinski definition) is 2. The molecule has 0 radical (unpaired) electrons. The number of aromatic nitrogens is 1. The summed E-state index contributed by atoms with van der Waals surface area (Å²) in [7, 11) is 2.15. The van der Waals surface area contributed by atoms with Crippen molar-refractivity contribution in [2.45, 2.75) is 38.5 Å². The van der Waals surface area contributed by atoms with Crippen LogP contribution in [0, 0.1) is 6.92 Å². The molecule has 1 aliphatic carbocycles. The molecule has 0 spiro atoms. The van der Waals surface area contributed by atoms with Crippen LogP contribution in [-0.2, 0) is 7.05 Å². The lowest BCUT2D eigenvalue weighted by Crippen LogP contribution is -2.31. The maximum Gasteiger partial charge on any atom is 0.228 e.